The van der Waals surface area contributed by atoms with Gasteiger partial charge in [0.2, 0.25) is 5.88 Å². The number of aryl methyl sites for hydroxylation is 2. The quantitative estimate of drug-likeness (QED) is 0.941. The summed E-state index contributed by atoms with van der Waals surface area (Å²) >= 11 is 5.56. The zero-order valence-corrected chi connectivity index (χ0v) is 10.9. The van der Waals surface area contributed by atoms with Gasteiger partial charge in [-0.25, -0.2) is 13.9 Å². The van der Waals surface area contributed by atoms with Crippen LogP contribution in [-0.2, 0) is 7.05 Å². The Hall–Kier alpha value is -2.08. The van der Waals surface area contributed by atoms with Gasteiger partial charge >= 0.3 is 5.97 Å². The first-order valence-electron chi connectivity index (χ1n) is 5.30. The summed E-state index contributed by atoms with van der Waals surface area (Å²) in [6.07, 6.45) is 0. The Balaban J connectivity index is 2.43. The average molecular weight is 285 g/mol. The summed E-state index contributed by atoms with van der Waals surface area (Å²) in [6.45, 7) is 1.55. The van der Waals surface area contributed by atoms with E-state index in [1.165, 1.54) is 16.8 Å². The SMILES string of the molecule is Cc1nn(C)c(Oc2ccc(Cl)c(F)c2)c1C(=O)O. The lowest BCUT2D eigenvalue weighted by Crippen LogP contribution is -2.02. The second kappa shape index (κ2) is 4.89. The van der Waals surface area contributed by atoms with Gasteiger partial charge in [0.25, 0.3) is 0 Å². The summed E-state index contributed by atoms with van der Waals surface area (Å²) in [6, 6.07) is 3.85. The molecule has 0 saturated carbocycles. The van der Waals surface area contributed by atoms with Gasteiger partial charge in [0.1, 0.15) is 17.1 Å². The third kappa shape index (κ3) is 2.53. The topological polar surface area (TPSA) is 64.4 Å². The number of benzene rings is 1. The number of nitrogens with zero attached hydrogens (tertiary/aromatic N) is 2. The molecule has 100 valence electrons. The molecular weight excluding hydrogens is 275 g/mol. The number of carboxylic acid groups (broad SMARTS) is 1. The predicted octanol–water partition coefficient (Wildman–Crippen LogP) is 3.01. The van der Waals surface area contributed by atoms with Gasteiger partial charge in [0.05, 0.1) is 10.7 Å². The van der Waals surface area contributed by atoms with Gasteiger partial charge in [-0.2, -0.15) is 5.10 Å². The van der Waals surface area contributed by atoms with Gasteiger partial charge in [0.15, 0.2) is 0 Å². The van der Waals surface area contributed by atoms with E-state index in [0.717, 1.165) is 6.07 Å². The van der Waals surface area contributed by atoms with Crippen LogP contribution < -0.4 is 4.74 Å². The highest BCUT2D eigenvalue weighted by Crippen LogP contribution is 2.29. The minimum Gasteiger partial charge on any atom is -0.477 e. The molecule has 1 aromatic carbocycles. The molecule has 2 rings (SSSR count). The van der Waals surface area contributed by atoms with Crippen LogP contribution in [0.5, 0.6) is 11.6 Å². The predicted molar refractivity (Wildman–Crippen MR) is 66.4 cm³/mol. The van der Waals surface area contributed by atoms with E-state index in [0.29, 0.717) is 5.69 Å². The number of rotatable bonds is 3. The zero-order chi connectivity index (χ0) is 14.2. The second-order valence-electron chi connectivity index (χ2n) is 3.87. The molecule has 0 aliphatic rings. The Morgan fingerprint density at radius 1 is 1.53 bits per heavy atom. The molecule has 0 aliphatic heterocycles. The van der Waals surface area contributed by atoms with Crippen molar-refractivity contribution < 1.29 is 19.0 Å². The molecule has 5 nitrogen and oxygen atoms in total. The van der Waals surface area contributed by atoms with Crippen molar-refractivity contribution in [2.24, 2.45) is 7.05 Å². The standard InChI is InChI=1S/C12H10ClFN2O3/c1-6-10(12(17)18)11(16(2)15-6)19-7-3-4-8(13)9(14)5-7/h3-5H,1-2H3,(H,17,18). The van der Waals surface area contributed by atoms with Gasteiger partial charge in [-0.15, -0.1) is 0 Å². The monoisotopic (exact) mass is 284 g/mol. The highest BCUT2D eigenvalue weighted by atomic mass is 35.5. The molecule has 0 amide bonds. The van der Waals surface area contributed by atoms with Crippen molar-refractivity contribution in [1.82, 2.24) is 9.78 Å². The van der Waals surface area contributed by atoms with Crippen molar-refractivity contribution in [1.29, 1.82) is 0 Å². The van der Waals surface area contributed by atoms with Crippen LogP contribution in [0.1, 0.15) is 16.1 Å². The summed E-state index contributed by atoms with van der Waals surface area (Å²) in [5.41, 5.74) is 0.261. The van der Waals surface area contributed by atoms with Crippen molar-refractivity contribution in [3.05, 3.63) is 40.3 Å². The van der Waals surface area contributed by atoms with Gasteiger partial charge < -0.3 is 9.84 Å². The molecule has 0 spiro atoms. The molecular formula is C12H10ClFN2O3. The molecule has 0 atom stereocenters. The molecule has 0 radical (unpaired) electrons. The van der Waals surface area contributed by atoms with E-state index >= 15 is 0 Å². The Morgan fingerprint density at radius 3 is 2.79 bits per heavy atom. The fourth-order valence-corrected chi connectivity index (χ4v) is 1.77. The van der Waals surface area contributed by atoms with Crippen molar-refractivity contribution >= 4 is 17.6 Å². The van der Waals surface area contributed by atoms with Gasteiger partial charge in [-0.05, 0) is 19.1 Å². The highest BCUT2D eigenvalue weighted by molar-refractivity contribution is 6.30. The number of carboxylic acids is 1. The van der Waals surface area contributed by atoms with E-state index < -0.39 is 11.8 Å². The number of carbonyl (C=O) groups is 1. The van der Waals surface area contributed by atoms with Gasteiger partial charge in [-0.1, -0.05) is 11.6 Å². The van der Waals surface area contributed by atoms with Crippen molar-refractivity contribution in [3.8, 4) is 11.6 Å². The van der Waals surface area contributed by atoms with E-state index in [1.54, 1.807) is 14.0 Å². The number of ether oxygens (including phenoxy) is 1. The molecule has 0 bridgehead atoms. The van der Waals surface area contributed by atoms with Crippen molar-refractivity contribution in [3.63, 3.8) is 0 Å². The molecule has 0 unspecified atom stereocenters. The lowest BCUT2D eigenvalue weighted by molar-refractivity contribution is 0.0693. The largest absolute Gasteiger partial charge is 0.477 e. The van der Waals surface area contributed by atoms with Gasteiger partial charge in [-0.3, -0.25) is 0 Å². The number of halogens is 2. The molecule has 2 aromatic rings. The first kappa shape index (κ1) is 13.4. The van der Waals surface area contributed by atoms with Crippen LogP contribution in [0.3, 0.4) is 0 Å². The van der Waals surface area contributed by atoms with Crippen molar-refractivity contribution in [2.75, 3.05) is 0 Å². The van der Waals surface area contributed by atoms with Crippen LogP contribution in [0.2, 0.25) is 5.02 Å². The summed E-state index contributed by atoms with van der Waals surface area (Å²) in [5.74, 6) is -1.62. The Kier molecular flexibility index (Phi) is 3.44. The van der Waals surface area contributed by atoms with Crippen LogP contribution in [0.25, 0.3) is 0 Å². The summed E-state index contributed by atoms with van der Waals surface area (Å²) in [4.78, 5) is 11.1. The molecule has 1 heterocycles. The Labute approximate surface area is 113 Å². The van der Waals surface area contributed by atoms with Crippen LogP contribution in [0.4, 0.5) is 4.39 Å². The number of aromatic nitrogens is 2. The van der Waals surface area contributed by atoms with E-state index in [1.807, 2.05) is 0 Å². The van der Waals surface area contributed by atoms with E-state index in [9.17, 15) is 9.18 Å². The number of hydrogen-bond acceptors (Lipinski definition) is 3. The molecule has 19 heavy (non-hydrogen) atoms. The van der Waals surface area contributed by atoms with E-state index in [-0.39, 0.29) is 22.2 Å². The maximum atomic E-state index is 13.3. The Bertz CT molecular complexity index is 655. The van der Waals surface area contributed by atoms with Crippen LogP contribution >= 0.6 is 11.6 Å². The van der Waals surface area contributed by atoms with Gasteiger partial charge in [0, 0.05) is 13.1 Å². The van der Waals surface area contributed by atoms with E-state index in [4.69, 9.17) is 21.4 Å². The number of aromatic carboxylic acids is 1. The van der Waals surface area contributed by atoms with E-state index in [2.05, 4.69) is 5.10 Å². The van der Waals surface area contributed by atoms with Crippen LogP contribution in [0.15, 0.2) is 18.2 Å². The smallest absolute Gasteiger partial charge is 0.343 e. The van der Waals surface area contributed by atoms with Crippen LogP contribution in [-0.4, -0.2) is 20.9 Å². The molecule has 0 aliphatic carbocycles. The first-order chi connectivity index (χ1) is 8.90. The maximum Gasteiger partial charge on any atom is 0.343 e. The third-order valence-corrected chi connectivity index (χ3v) is 2.80. The minimum absolute atomic E-state index is 0.0340. The lowest BCUT2D eigenvalue weighted by atomic mass is 10.2. The maximum absolute atomic E-state index is 13.3. The Morgan fingerprint density at radius 2 is 2.21 bits per heavy atom. The summed E-state index contributed by atoms with van der Waals surface area (Å²) < 4.78 is 20.0. The molecule has 0 fully saturated rings. The summed E-state index contributed by atoms with van der Waals surface area (Å²) in [5, 5.41) is 13.0. The zero-order valence-electron chi connectivity index (χ0n) is 10.1. The lowest BCUT2D eigenvalue weighted by Gasteiger charge is -2.07. The summed E-state index contributed by atoms with van der Waals surface area (Å²) in [7, 11) is 1.54. The molecule has 0 saturated heterocycles. The van der Waals surface area contributed by atoms with Crippen LogP contribution in [0, 0.1) is 12.7 Å². The normalized spacial score (nSPS) is 10.5. The average Bonchev–Trinajstić information content (AvgIpc) is 2.59. The molecule has 7 heteroatoms. The number of hydrogen-bond donors (Lipinski definition) is 1. The molecule has 1 aromatic heterocycles. The fourth-order valence-electron chi connectivity index (χ4n) is 1.65. The molecule has 1 N–H and O–H groups in total. The second-order valence-corrected chi connectivity index (χ2v) is 4.28. The minimum atomic E-state index is -1.16. The third-order valence-electron chi connectivity index (χ3n) is 2.49. The first-order valence-corrected chi connectivity index (χ1v) is 5.67. The van der Waals surface area contributed by atoms with Crippen molar-refractivity contribution in [2.45, 2.75) is 6.92 Å². The highest BCUT2D eigenvalue weighted by Gasteiger charge is 2.21. The fraction of sp³-hybridized carbons (Fsp3) is 0.167.